The quantitative estimate of drug-likeness (QED) is 0.613. The first-order valence-corrected chi connectivity index (χ1v) is 6.76. The van der Waals surface area contributed by atoms with Crippen molar-refractivity contribution in [2.75, 3.05) is 13.3 Å². The highest BCUT2D eigenvalue weighted by Gasteiger charge is 2.05. The molecule has 0 saturated heterocycles. The van der Waals surface area contributed by atoms with E-state index in [2.05, 4.69) is 20.9 Å². The summed E-state index contributed by atoms with van der Waals surface area (Å²) in [5.74, 6) is 0.828. The molecule has 86 valence electrons. The topological polar surface area (TPSA) is 21.6 Å². The van der Waals surface area contributed by atoms with Crippen molar-refractivity contribution in [2.45, 2.75) is 6.92 Å². The van der Waals surface area contributed by atoms with Crippen LogP contribution in [0.3, 0.4) is 0 Å². The van der Waals surface area contributed by atoms with E-state index in [1.165, 1.54) is 12.0 Å². The van der Waals surface area contributed by atoms with Crippen molar-refractivity contribution >= 4 is 39.8 Å². The molecular formula is C12H14BrNOS. The number of benzene rings is 1. The molecule has 0 aliphatic carbocycles. The maximum absolute atomic E-state index is 5.45. The summed E-state index contributed by atoms with van der Waals surface area (Å²) in [5, 5.41) is 0. The van der Waals surface area contributed by atoms with Gasteiger partial charge in [-0.2, -0.15) is 0 Å². The zero-order valence-corrected chi connectivity index (χ0v) is 11.9. The number of nitrogens with zero attached hydrogens (tertiary/aromatic N) is 1. The van der Waals surface area contributed by atoms with Crippen molar-refractivity contribution in [3.63, 3.8) is 0 Å². The van der Waals surface area contributed by atoms with E-state index in [1.807, 2.05) is 43.7 Å². The van der Waals surface area contributed by atoms with Gasteiger partial charge in [0.25, 0.3) is 0 Å². The lowest BCUT2D eigenvalue weighted by Crippen LogP contribution is -1.88. The number of hydrogen-bond donors (Lipinski definition) is 0. The van der Waals surface area contributed by atoms with Gasteiger partial charge in [-0.3, -0.25) is 4.99 Å². The summed E-state index contributed by atoms with van der Waals surface area (Å²) in [6.07, 6.45) is 5.76. The molecule has 1 aromatic rings. The predicted octanol–water partition coefficient (Wildman–Crippen LogP) is 4.21. The van der Waals surface area contributed by atoms with E-state index in [-0.39, 0.29) is 0 Å². The lowest BCUT2D eigenvalue weighted by molar-refractivity contribution is 0.645. The Bertz CT molecular complexity index is 415. The second-order valence-corrected chi connectivity index (χ2v) is 4.38. The molecule has 0 fully saturated rings. The standard InChI is InChI=1S/C12H14BrNOS/c1-4-9(8-14-2)10-5-6-11(13)12(7-10)15-16-3/h4-8H,1-3H3/b9-4+,14-8-. The SMILES string of the molecule is C/C=C(\C=N/C)c1ccc(Br)c(OSC)c1. The molecule has 0 N–H and O–H groups in total. The fourth-order valence-electron chi connectivity index (χ4n) is 1.29. The van der Waals surface area contributed by atoms with E-state index >= 15 is 0 Å². The van der Waals surface area contributed by atoms with Crippen molar-refractivity contribution in [1.29, 1.82) is 0 Å². The summed E-state index contributed by atoms with van der Waals surface area (Å²) < 4.78 is 6.40. The van der Waals surface area contributed by atoms with Crippen LogP contribution in [0.15, 0.2) is 33.7 Å². The monoisotopic (exact) mass is 299 g/mol. The van der Waals surface area contributed by atoms with Gasteiger partial charge in [0.2, 0.25) is 0 Å². The maximum atomic E-state index is 5.45. The summed E-state index contributed by atoms with van der Waals surface area (Å²) in [6.45, 7) is 1.99. The molecule has 2 nitrogen and oxygen atoms in total. The van der Waals surface area contributed by atoms with Gasteiger partial charge in [0.15, 0.2) is 5.75 Å². The third-order valence-corrected chi connectivity index (χ3v) is 3.02. The van der Waals surface area contributed by atoms with E-state index < -0.39 is 0 Å². The minimum atomic E-state index is 0.828. The molecule has 0 aliphatic heterocycles. The molecule has 0 heterocycles. The Balaban J connectivity index is 3.10. The fraction of sp³-hybridized carbons (Fsp3) is 0.250. The average Bonchev–Trinajstić information content (AvgIpc) is 2.29. The summed E-state index contributed by atoms with van der Waals surface area (Å²) >= 11 is 4.78. The predicted molar refractivity (Wildman–Crippen MR) is 76.4 cm³/mol. The summed E-state index contributed by atoms with van der Waals surface area (Å²) in [6, 6.07) is 6.01. The Hall–Kier alpha value is -0.740. The Labute approximate surface area is 109 Å². The van der Waals surface area contributed by atoms with E-state index in [0.29, 0.717) is 0 Å². The lowest BCUT2D eigenvalue weighted by atomic mass is 10.1. The third kappa shape index (κ3) is 3.39. The Kier molecular flexibility index (Phi) is 5.63. The van der Waals surface area contributed by atoms with E-state index in [4.69, 9.17) is 4.18 Å². The highest BCUT2D eigenvalue weighted by molar-refractivity contribution is 9.10. The normalized spacial score (nSPS) is 12.1. The molecule has 1 rings (SSSR count). The van der Waals surface area contributed by atoms with Gasteiger partial charge in [0, 0.05) is 19.5 Å². The smallest absolute Gasteiger partial charge is 0.152 e. The average molecular weight is 300 g/mol. The Morgan fingerprint density at radius 1 is 1.50 bits per heavy atom. The first-order chi connectivity index (χ1) is 7.72. The van der Waals surface area contributed by atoms with Crippen molar-refractivity contribution in [3.8, 4) is 5.75 Å². The van der Waals surface area contributed by atoms with E-state index in [1.54, 1.807) is 7.05 Å². The molecule has 4 heteroatoms. The first kappa shape index (κ1) is 13.3. The molecule has 0 aliphatic rings. The van der Waals surface area contributed by atoms with E-state index in [0.717, 1.165) is 21.4 Å². The van der Waals surface area contributed by atoms with Gasteiger partial charge in [-0.15, -0.1) is 0 Å². The van der Waals surface area contributed by atoms with Gasteiger partial charge in [-0.05, 0) is 46.1 Å². The lowest BCUT2D eigenvalue weighted by Gasteiger charge is -2.07. The molecule has 0 radical (unpaired) electrons. The van der Waals surface area contributed by atoms with Crippen LogP contribution in [-0.2, 0) is 0 Å². The van der Waals surface area contributed by atoms with Crippen molar-refractivity contribution in [2.24, 2.45) is 4.99 Å². The molecule has 1 aromatic carbocycles. The van der Waals surface area contributed by atoms with Crippen molar-refractivity contribution in [1.82, 2.24) is 0 Å². The van der Waals surface area contributed by atoms with Crippen LogP contribution in [0.5, 0.6) is 5.75 Å². The van der Waals surface area contributed by atoms with Crippen LogP contribution in [0.4, 0.5) is 0 Å². The largest absolute Gasteiger partial charge is 0.425 e. The van der Waals surface area contributed by atoms with Gasteiger partial charge in [0.1, 0.15) is 0 Å². The van der Waals surface area contributed by atoms with Gasteiger partial charge < -0.3 is 4.18 Å². The molecular weight excluding hydrogens is 286 g/mol. The van der Waals surface area contributed by atoms with Crippen LogP contribution in [0.25, 0.3) is 5.57 Å². The number of allylic oxidation sites excluding steroid dienone is 2. The zero-order chi connectivity index (χ0) is 12.0. The molecule has 0 unspecified atom stereocenters. The van der Waals surface area contributed by atoms with Gasteiger partial charge in [-0.1, -0.05) is 12.1 Å². The second-order valence-electron chi connectivity index (χ2n) is 3.03. The highest BCUT2D eigenvalue weighted by Crippen LogP contribution is 2.30. The van der Waals surface area contributed by atoms with Crippen LogP contribution in [0, 0.1) is 0 Å². The first-order valence-electron chi connectivity index (χ1n) is 4.82. The van der Waals surface area contributed by atoms with Gasteiger partial charge in [0.05, 0.1) is 16.5 Å². The van der Waals surface area contributed by atoms with Crippen LogP contribution in [0.1, 0.15) is 12.5 Å². The summed E-state index contributed by atoms with van der Waals surface area (Å²) in [4.78, 5) is 4.03. The van der Waals surface area contributed by atoms with Gasteiger partial charge in [-0.25, -0.2) is 0 Å². The molecule has 0 amide bonds. The number of aliphatic imine (C=N–C) groups is 1. The molecule has 0 spiro atoms. The Morgan fingerprint density at radius 3 is 2.81 bits per heavy atom. The fourth-order valence-corrected chi connectivity index (χ4v) is 2.04. The molecule has 0 bridgehead atoms. The zero-order valence-electron chi connectivity index (χ0n) is 9.53. The van der Waals surface area contributed by atoms with Crippen LogP contribution in [-0.4, -0.2) is 19.5 Å². The molecule has 16 heavy (non-hydrogen) atoms. The van der Waals surface area contributed by atoms with Crippen molar-refractivity contribution < 1.29 is 4.18 Å². The van der Waals surface area contributed by atoms with E-state index in [9.17, 15) is 0 Å². The minimum absolute atomic E-state index is 0.828. The minimum Gasteiger partial charge on any atom is -0.425 e. The highest BCUT2D eigenvalue weighted by atomic mass is 79.9. The van der Waals surface area contributed by atoms with Gasteiger partial charge >= 0.3 is 0 Å². The van der Waals surface area contributed by atoms with Crippen LogP contribution < -0.4 is 4.18 Å². The summed E-state index contributed by atoms with van der Waals surface area (Å²) in [7, 11) is 1.77. The van der Waals surface area contributed by atoms with Crippen LogP contribution in [0.2, 0.25) is 0 Å². The second kappa shape index (κ2) is 6.76. The van der Waals surface area contributed by atoms with Crippen molar-refractivity contribution in [3.05, 3.63) is 34.3 Å². The maximum Gasteiger partial charge on any atom is 0.152 e. The number of rotatable bonds is 4. The molecule has 0 atom stereocenters. The number of hydrogen-bond acceptors (Lipinski definition) is 3. The Morgan fingerprint density at radius 2 is 2.25 bits per heavy atom. The number of halogens is 1. The summed E-state index contributed by atoms with van der Waals surface area (Å²) in [5.41, 5.74) is 2.18. The third-order valence-electron chi connectivity index (χ3n) is 2.02. The molecule has 0 saturated carbocycles. The molecule has 0 aromatic heterocycles. The van der Waals surface area contributed by atoms with Crippen LogP contribution >= 0.6 is 28.0 Å².